The molecule has 0 bridgehead atoms. The second kappa shape index (κ2) is 6.27. The molecule has 0 aliphatic rings. The Morgan fingerprint density at radius 2 is 2.04 bits per heavy atom. The smallest absolute Gasteiger partial charge is 0.274 e. The second-order valence-corrected chi connectivity index (χ2v) is 7.19. The Kier molecular flexibility index (Phi) is 4.25. The van der Waals surface area contributed by atoms with Crippen molar-refractivity contribution in [2.24, 2.45) is 7.05 Å². The molecule has 2 aromatic heterocycles. The minimum absolute atomic E-state index is 0.0754. The van der Waals surface area contributed by atoms with E-state index in [0.29, 0.717) is 6.07 Å². The Hall–Kier alpha value is -3.19. The first kappa shape index (κ1) is 17.6. The quantitative estimate of drug-likeness (QED) is 0.724. The van der Waals surface area contributed by atoms with E-state index in [0.717, 1.165) is 12.3 Å². The number of nitriles is 1. The normalized spacial score (nSPS) is 11.5. The standard InChI is InChI=1S/C16H12F2N4O3S/c1-22-5-3-10-14(8-20-15(10)16(22)23)26(24,25)21-13-7-11(17)9(2-4-19)6-12(13)18/h3,5-8,20-21H,2H2,1H3. The van der Waals surface area contributed by atoms with Crippen molar-refractivity contribution in [1.82, 2.24) is 9.55 Å². The minimum atomic E-state index is -4.29. The molecule has 1 aromatic carbocycles. The summed E-state index contributed by atoms with van der Waals surface area (Å²) in [5, 5.41) is 8.70. The van der Waals surface area contributed by atoms with Gasteiger partial charge < -0.3 is 9.55 Å². The van der Waals surface area contributed by atoms with Crippen LogP contribution in [0.3, 0.4) is 0 Å². The van der Waals surface area contributed by atoms with Gasteiger partial charge in [-0.3, -0.25) is 9.52 Å². The van der Waals surface area contributed by atoms with Gasteiger partial charge in [0, 0.05) is 36.5 Å². The van der Waals surface area contributed by atoms with Crippen LogP contribution in [0.2, 0.25) is 0 Å². The van der Waals surface area contributed by atoms with E-state index in [9.17, 15) is 22.0 Å². The second-order valence-electron chi connectivity index (χ2n) is 5.54. The van der Waals surface area contributed by atoms with Crippen LogP contribution in [0.15, 0.2) is 40.3 Å². The molecule has 7 nitrogen and oxygen atoms in total. The van der Waals surface area contributed by atoms with Gasteiger partial charge in [0.2, 0.25) is 0 Å². The first-order chi connectivity index (χ1) is 12.2. The molecule has 10 heteroatoms. The van der Waals surface area contributed by atoms with E-state index in [4.69, 9.17) is 5.26 Å². The van der Waals surface area contributed by atoms with Gasteiger partial charge in [0.1, 0.15) is 22.0 Å². The summed E-state index contributed by atoms with van der Waals surface area (Å²) in [5.74, 6) is -1.92. The topological polar surface area (TPSA) is 108 Å². The molecule has 26 heavy (non-hydrogen) atoms. The van der Waals surface area contributed by atoms with Crippen LogP contribution in [0.4, 0.5) is 14.5 Å². The van der Waals surface area contributed by atoms with Gasteiger partial charge in [-0.2, -0.15) is 5.26 Å². The number of hydrogen-bond donors (Lipinski definition) is 2. The average Bonchev–Trinajstić information content (AvgIpc) is 3.01. The Morgan fingerprint density at radius 3 is 2.73 bits per heavy atom. The van der Waals surface area contributed by atoms with E-state index in [1.807, 2.05) is 4.72 Å². The molecule has 3 aromatic rings. The van der Waals surface area contributed by atoms with Crippen molar-refractivity contribution in [2.75, 3.05) is 4.72 Å². The van der Waals surface area contributed by atoms with E-state index >= 15 is 0 Å². The van der Waals surface area contributed by atoms with Gasteiger partial charge in [0.05, 0.1) is 18.2 Å². The van der Waals surface area contributed by atoms with Crippen LogP contribution >= 0.6 is 0 Å². The molecule has 0 saturated heterocycles. The molecular formula is C16H12F2N4O3S. The first-order valence-corrected chi connectivity index (χ1v) is 8.77. The number of benzene rings is 1. The zero-order chi connectivity index (χ0) is 19.1. The lowest BCUT2D eigenvalue weighted by atomic mass is 10.1. The summed E-state index contributed by atoms with van der Waals surface area (Å²) in [7, 11) is -2.78. The number of H-pyrrole nitrogens is 1. The highest BCUT2D eigenvalue weighted by molar-refractivity contribution is 7.93. The van der Waals surface area contributed by atoms with E-state index in [-0.39, 0.29) is 27.8 Å². The summed E-state index contributed by atoms with van der Waals surface area (Å²) in [6.07, 6.45) is 2.16. The van der Waals surface area contributed by atoms with Gasteiger partial charge in [-0.05, 0) is 12.1 Å². The number of halogens is 2. The minimum Gasteiger partial charge on any atom is -0.355 e. The summed E-state index contributed by atoms with van der Waals surface area (Å²) >= 11 is 0. The van der Waals surface area contributed by atoms with Gasteiger partial charge in [0.15, 0.2) is 0 Å². The van der Waals surface area contributed by atoms with Crippen LogP contribution in [0.25, 0.3) is 10.9 Å². The molecule has 0 saturated carbocycles. The maximum Gasteiger partial charge on any atom is 0.274 e. The van der Waals surface area contributed by atoms with Crippen LogP contribution in [-0.4, -0.2) is 18.0 Å². The van der Waals surface area contributed by atoms with Crippen LogP contribution in [0.5, 0.6) is 0 Å². The number of nitrogens with zero attached hydrogens (tertiary/aromatic N) is 2. The molecule has 0 fully saturated rings. The van der Waals surface area contributed by atoms with Crippen LogP contribution in [0.1, 0.15) is 5.56 Å². The lowest BCUT2D eigenvalue weighted by Gasteiger charge is -2.10. The van der Waals surface area contributed by atoms with Crippen LogP contribution in [0, 0.1) is 23.0 Å². The van der Waals surface area contributed by atoms with Crippen molar-refractivity contribution in [3.05, 3.63) is 58.1 Å². The third-order valence-electron chi connectivity index (χ3n) is 3.82. The number of nitrogens with one attached hydrogen (secondary N) is 2. The highest BCUT2D eigenvalue weighted by Crippen LogP contribution is 2.26. The number of hydrogen-bond acceptors (Lipinski definition) is 4. The fourth-order valence-electron chi connectivity index (χ4n) is 2.50. The van der Waals surface area contributed by atoms with Crippen molar-refractivity contribution >= 4 is 26.6 Å². The van der Waals surface area contributed by atoms with Crippen LogP contribution in [-0.2, 0) is 23.5 Å². The number of fused-ring (bicyclic) bond motifs is 1. The predicted molar refractivity (Wildman–Crippen MR) is 90.0 cm³/mol. The van der Waals surface area contributed by atoms with Gasteiger partial charge in [0.25, 0.3) is 15.6 Å². The fraction of sp³-hybridized carbons (Fsp3) is 0.125. The molecular weight excluding hydrogens is 366 g/mol. The Balaban J connectivity index is 2.06. The predicted octanol–water partition coefficient (Wildman–Crippen LogP) is 2.01. The first-order valence-electron chi connectivity index (χ1n) is 7.29. The number of aryl methyl sites for hydroxylation is 1. The molecule has 0 spiro atoms. The lowest BCUT2D eigenvalue weighted by molar-refractivity contribution is 0.589. The molecule has 0 aliphatic heterocycles. The summed E-state index contributed by atoms with van der Waals surface area (Å²) in [6, 6.07) is 4.56. The Bertz CT molecular complexity index is 1220. The maximum absolute atomic E-state index is 14.1. The number of sulfonamides is 1. The number of rotatable bonds is 4. The molecule has 0 amide bonds. The number of aromatic amines is 1. The molecule has 134 valence electrons. The number of aromatic nitrogens is 2. The van der Waals surface area contributed by atoms with Crippen molar-refractivity contribution < 1.29 is 17.2 Å². The van der Waals surface area contributed by atoms with Crippen molar-refractivity contribution in [1.29, 1.82) is 5.26 Å². The van der Waals surface area contributed by atoms with Crippen LogP contribution < -0.4 is 10.3 Å². The average molecular weight is 378 g/mol. The van der Waals surface area contributed by atoms with E-state index in [1.54, 1.807) is 6.07 Å². The third kappa shape index (κ3) is 2.93. The third-order valence-corrected chi connectivity index (χ3v) is 5.23. The largest absolute Gasteiger partial charge is 0.355 e. The zero-order valence-corrected chi connectivity index (χ0v) is 14.2. The fourth-order valence-corrected chi connectivity index (χ4v) is 3.73. The molecule has 2 heterocycles. The van der Waals surface area contributed by atoms with Crippen molar-refractivity contribution in [2.45, 2.75) is 11.3 Å². The van der Waals surface area contributed by atoms with Gasteiger partial charge >= 0.3 is 0 Å². The summed E-state index contributed by atoms with van der Waals surface area (Å²) in [5.41, 5.74) is -1.13. The summed E-state index contributed by atoms with van der Waals surface area (Å²) in [4.78, 5) is 14.3. The monoisotopic (exact) mass is 378 g/mol. The Labute approximate surface area is 146 Å². The number of pyridine rings is 1. The highest BCUT2D eigenvalue weighted by Gasteiger charge is 2.22. The van der Waals surface area contributed by atoms with Gasteiger partial charge in [-0.1, -0.05) is 0 Å². The van der Waals surface area contributed by atoms with E-state index in [2.05, 4.69) is 4.98 Å². The molecule has 2 N–H and O–H groups in total. The zero-order valence-electron chi connectivity index (χ0n) is 13.4. The molecule has 0 aliphatic carbocycles. The maximum atomic E-state index is 14.1. The highest BCUT2D eigenvalue weighted by atomic mass is 32.2. The van der Waals surface area contributed by atoms with E-state index < -0.39 is 32.9 Å². The molecule has 3 rings (SSSR count). The van der Waals surface area contributed by atoms with E-state index in [1.165, 1.54) is 23.9 Å². The lowest BCUT2D eigenvalue weighted by Crippen LogP contribution is -2.17. The summed E-state index contributed by atoms with van der Waals surface area (Å²) in [6.45, 7) is 0. The SMILES string of the molecule is Cn1ccc2c(S(=O)(=O)Nc3cc(F)c(CC#N)cc3F)c[nH]c2c1=O. The van der Waals surface area contributed by atoms with Gasteiger partial charge in [-0.15, -0.1) is 0 Å². The van der Waals surface area contributed by atoms with Crippen molar-refractivity contribution in [3.63, 3.8) is 0 Å². The number of anilines is 1. The summed E-state index contributed by atoms with van der Waals surface area (Å²) < 4.78 is 56.3. The Morgan fingerprint density at radius 1 is 1.31 bits per heavy atom. The van der Waals surface area contributed by atoms with Crippen molar-refractivity contribution in [3.8, 4) is 6.07 Å². The molecule has 0 unspecified atom stereocenters. The molecule has 0 radical (unpaired) electrons. The molecule has 0 atom stereocenters. The van der Waals surface area contributed by atoms with Gasteiger partial charge in [-0.25, -0.2) is 17.2 Å².